The smallest absolute Gasteiger partial charge is 0.238 e. The standard InChI is InChI=1S/C18H22ClN5O3S/c19-14-1-6-17(21-13-14)24-11-9-23(10-12-24)8-7-18(25)22-15-2-4-16(5-3-15)28(20,26)27/h1-6,13H,7-12H2,(H,22,25)(H2,20,26,27). The van der Waals surface area contributed by atoms with Gasteiger partial charge in [-0.1, -0.05) is 11.6 Å². The van der Waals surface area contributed by atoms with E-state index in [1.165, 1.54) is 24.3 Å². The minimum absolute atomic E-state index is 0.0125. The molecule has 0 unspecified atom stereocenters. The first kappa shape index (κ1) is 20.5. The lowest BCUT2D eigenvalue weighted by Gasteiger charge is -2.35. The number of halogens is 1. The summed E-state index contributed by atoms with van der Waals surface area (Å²) in [6.07, 6.45) is 2.00. The average molecular weight is 424 g/mol. The third kappa shape index (κ3) is 5.65. The van der Waals surface area contributed by atoms with Gasteiger partial charge in [0.1, 0.15) is 5.82 Å². The Morgan fingerprint density at radius 1 is 1.11 bits per heavy atom. The molecule has 2 aromatic rings. The van der Waals surface area contributed by atoms with Crippen LogP contribution in [-0.2, 0) is 14.8 Å². The lowest BCUT2D eigenvalue weighted by molar-refractivity contribution is -0.116. The van der Waals surface area contributed by atoms with Crippen molar-refractivity contribution in [2.75, 3.05) is 42.9 Å². The zero-order valence-electron chi connectivity index (χ0n) is 15.2. The number of sulfonamides is 1. The molecule has 0 atom stereocenters. The van der Waals surface area contributed by atoms with Gasteiger partial charge in [-0.3, -0.25) is 9.69 Å². The third-order valence-electron chi connectivity index (χ3n) is 4.53. The summed E-state index contributed by atoms with van der Waals surface area (Å²) >= 11 is 5.87. The molecule has 150 valence electrons. The maximum atomic E-state index is 12.1. The monoisotopic (exact) mass is 423 g/mol. The average Bonchev–Trinajstić information content (AvgIpc) is 2.67. The molecule has 1 aliphatic rings. The van der Waals surface area contributed by atoms with Gasteiger partial charge >= 0.3 is 0 Å². The molecule has 3 rings (SSSR count). The van der Waals surface area contributed by atoms with Gasteiger partial charge in [0, 0.05) is 51.0 Å². The van der Waals surface area contributed by atoms with Crippen LogP contribution in [0.15, 0.2) is 47.5 Å². The van der Waals surface area contributed by atoms with E-state index in [-0.39, 0.29) is 10.8 Å². The maximum Gasteiger partial charge on any atom is 0.238 e. The zero-order valence-corrected chi connectivity index (χ0v) is 16.8. The number of carbonyl (C=O) groups excluding carboxylic acids is 1. The zero-order chi connectivity index (χ0) is 20.1. The van der Waals surface area contributed by atoms with Crippen LogP contribution >= 0.6 is 11.6 Å². The van der Waals surface area contributed by atoms with Crippen LogP contribution in [0.5, 0.6) is 0 Å². The number of carbonyl (C=O) groups is 1. The van der Waals surface area contributed by atoms with Crippen molar-refractivity contribution < 1.29 is 13.2 Å². The molecule has 1 aromatic heterocycles. The van der Waals surface area contributed by atoms with Crippen LogP contribution in [0.1, 0.15) is 6.42 Å². The Morgan fingerprint density at radius 3 is 2.36 bits per heavy atom. The number of nitrogens with two attached hydrogens (primary N) is 1. The van der Waals surface area contributed by atoms with Crippen LogP contribution < -0.4 is 15.4 Å². The Bertz CT molecular complexity index is 911. The summed E-state index contributed by atoms with van der Waals surface area (Å²) in [6.45, 7) is 4.03. The van der Waals surface area contributed by atoms with Gasteiger partial charge in [-0.25, -0.2) is 18.5 Å². The number of hydrogen-bond acceptors (Lipinski definition) is 6. The minimum Gasteiger partial charge on any atom is -0.354 e. The summed E-state index contributed by atoms with van der Waals surface area (Å²) in [5.41, 5.74) is 0.538. The SMILES string of the molecule is NS(=O)(=O)c1ccc(NC(=O)CCN2CCN(c3ccc(Cl)cn3)CC2)cc1. The van der Waals surface area contributed by atoms with Gasteiger partial charge in [0.05, 0.1) is 9.92 Å². The Balaban J connectivity index is 1.42. The first-order chi connectivity index (χ1) is 13.3. The molecule has 0 spiro atoms. The number of hydrogen-bond donors (Lipinski definition) is 2. The third-order valence-corrected chi connectivity index (χ3v) is 5.68. The van der Waals surface area contributed by atoms with Crippen molar-refractivity contribution in [3.05, 3.63) is 47.6 Å². The van der Waals surface area contributed by atoms with Crippen LogP contribution in [0, 0.1) is 0 Å². The first-order valence-corrected chi connectivity index (χ1v) is 10.8. The number of rotatable bonds is 6. The Hall–Kier alpha value is -2.20. The van der Waals surface area contributed by atoms with Crippen molar-refractivity contribution in [2.45, 2.75) is 11.3 Å². The summed E-state index contributed by atoms with van der Waals surface area (Å²) in [5, 5.41) is 8.44. The Labute approximate surface area is 169 Å². The van der Waals surface area contributed by atoms with Gasteiger partial charge in [-0.2, -0.15) is 0 Å². The molecule has 3 N–H and O–H groups in total. The fraction of sp³-hybridized carbons (Fsp3) is 0.333. The second kappa shape index (κ2) is 8.87. The van der Waals surface area contributed by atoms with E-state index in [2.05, 4.69) is 20.1 Å². The van der Waals surface area contributed by atoms with Gasteiger partial charge in [0.2, 0.25) is 15.9 Å². The second-order valence-corrected chi connectivity index (χ2v) is 8.53. The summed E-state index contributed by atoms with van der Waals surface area (Å²) in [5.74, 6) is 0.787. The number of benzene rings is 1. The van der Waals surface area contributed by atoms with E-state index < -0.39 is 10.0 Å². The molecule has 0 aliphatic carbocycles. The van der Waals surface area contributed by atoms with Crippen molar-refractivity contribution in [2.24, 2.45) is 5.14 Å². The van der Waals surface area contributed by atoms with Crippen molar-refractivity contribution in [1.82, 2.24) is 9.88 Å². The molecular formula is C18H22ClN5O3S. The highest BCUT2D eigenvalue weighted by Crippen LogP contribution is 2.16. The lowest BCUT2D eigenvalue weighted by atomic mass is 10.2. The maximum absolute atomic E-state index is 12.1. The van der Waals surface area contributed by atoms with Gasteiger partial charge in [0.25, 0.3) is 0 Å². The number of primary sulfonamides is 1. The Kier molecular flexibility index (Phi) is 6.50. The van der Waals surface area contributed by atoms with E-state index in [0.717, 1.165) is 32.0 Å². The van der Waals surface area contributed by atoms with E-state index >= 15 is 0 Å². The van der Waals surface area contributed by atoms with Gasteiger partial charge in [-0.05, 0) is 36.4 Å². The van der Waals surface area contributed by atoms with E-state index in [1.54, 1.807) is 6.20 Å². The second-order valence-electron chi connectivity index (χ2n) is 6.53. The van der Waals surface area contributed by atoms with Crippen molar-refractivity contribution >= 4 is 39.0 Å². The quantitative estimate of drug-likeness (QED) is 0.729. The predicted octanol–water partition coefficient (Wildman–Crippen LogP) is 1.53. The van der Waals surface area contributed by atoms with E-state index in [9.17, 15) is 13.2 Å². The predicted molar refractivity (Wildman–Crippen MR) is 109 cm³/mol. The molecular weight excluding hydrogens is 402 g/mol. The molecule has 1 saturated heterocycles. The topological polar surface area (TPSA) is 109 Å². The lowest BCUT2D eigenvalue weighted by Crippen LogP contribution is -2.47. The number of anilines is 2. The molecule has 1 aliphatic heterocycles. The van der Waals surface area contributed by atoms with Crippen LogP contribution in [-0.4, -0.2) is 56.9 Å². The van der Waals surface area contributed by atoms with Gasteiger partial charge < -0.3 is 10.2 Å². The summed E-state index contributed by atoms with van der Waals surface area (Å²) in [6, 6.07) is 9.53. The minimum atomic E-state index is -3.73. The van der Waals surface area contributed by atoms with Crippen molar-refractivity contribution in [3.63, 3.8) is 0 Å². The van der Waals surface area contributed by atoms with Gasteiger partial charge in [0.15, 0.2) is 0 Å². The summed E-state index contributed by atoms with van der Waals surface area (Å²) in [7, 11) is -3.73. The van der Waals surface area contributed by atoms with Crippen LogP contribution in [0.3, 0.4) is 0 Å². The summed E-state index contributed by atoms with van der Waals surface area (Å²) in [4.78, 5) is 20.9. The van der Waals surface area contributed by atoms with Crippen LogP contribution in [0.25, 0.3) is 0 Å². The number of pyridine rings is 1. The number of aromatic nitrogens is 1. The van der Waals surface area contributed by atoms with E-state index in [0.29, 0.717) is 23.7 Å². The molecule has 1 fully saturated rings. The highest BCUT2D eigenvalue weighted by atomic mass is 35.5. The molecule has 1 aromatic carbocycles. The normalized spacial score (nSPS) is 15.4. The molecule has 10 heteroatoms. The first-order valence-electron chi connectivity index (χ1n) is 8.83. The van der Waals surface area contributed by atoms with Crippen molar-refractivity contribution in [3.8, 4) is 0 Å². The largest absolute Gasteiger partial charge is 0.354 e. The number of piperazine rings is 1. The fourth-order valence-corrected chi connectivity index (χ4v) is 3.59. The molecule has 0 radical (unpaired) electrons. The van der Waals surface area contributed by atoms with Gasteiger partial charge in [-0.15, -0.1) is 0 Å². The highest BCUT2D eigenvalue weighted by Gasteiger charge is 2.18. The summed E-state index contributed by atoms with van der Waals surface area (Å²) < 4.78 is 22.5. The number of nitrogens with zero attached hydrogens (tertiary/aromatic N) is 3. The molecule has 28 heavy (non-hydrogen) atoms. The van der Waals surface area contributed by atoms with E-state index in [1.807, 2.05) is 12.1 Å². The molecule has 0 bridgehead atoms. The van der Waals surface area contributed by atoms with Crippen LogP contribution in [0.2, 0.25) is 5.02 Å². The highest BCUT2D eigenvalue weighted by molar-refractivity contribution is 7.89. The molecule has 0 saturated carbocycles. The number of nitrogens with one attached hydrogen (secondary N) is 1. The Morgan fingerprint density at radius 2 is 1.79 bits per heavy atom. The van der Waals surface area contributed by atoms with Crippen LogP contribution in [0.4, 0.5) is 11.5 Å². The molecule has 1 amide bonds. The van der Waals surface area contributed by atoms with Crippen molar-refractivity contribution in [1.29, 1.82) is 0 Å². The molecule has 2 heterocycles. The number of amides is 1. The van der Waals surface area contributed by atoms with E-state index in [4.69, 9.17) is 16.7 Å². The fourth-order valence-electron chi connectivity index (χ4n) is 2.97. The molecule has 8 nitrogen and oxygen atoms in total.